The Bertz CT molecular complexity index is 327. The summed E-state index contributed by atoms with van der Waals surface area (Å²) in [6, 6.07) is 6.60. The maximum atomic E-state index is 12.4. The van der Waals surface area contributed by atoms with Gasteiger partial charge < -0.3 is 4.90 Å². The lowest BCUT2D eigenvalue weighted by molar-refractivity contribution is -0.146. The van der Waals surface area contributed by atoms with Crippen LogP contribution in [0.4, 0.5) is 13.2 Å². The molecule has 4 heteroatoms. The predicted octanol–water partition coefficient (Wildman–Crippen LogP) is 3.41. The first kappa shape index (κ1) is 13.0. The first-order valence-electron chi connectivity index (χ1n) is 5.11. The third-order valence-electron chi connectivity index (χ3n) is 2.47. The van der Waals surface area contributed by atoms with Gasteiger partial charge in [0.15, 0.2) is 0 Å². The number of alkyl halides is 3. The monoisotopic (exact) mass is 231 g/mol. The van der Waals surface area contributed by atoms with E-state index in [1.807, 2.05) is 19.0 Å². The number of benzene rings is 1. The van der Waals surface area contributed by atoms with Crippen molar-refractivity contribution in [2.24, 2.45) is 0 Å². The number of rotatable bonds is 3. The van der Waals surface area contributed by atoms with Crippen LogP contribution in [-0.4, -0.2) is 25.2 Å². The van der Waals surface area contributed by atoms with Crippen molar-refractivity contribution >= 4 is 0 Å². The van der Waals surface area contributed by atoms with E-state index in [9.17, 15) is 13.2 Å². The Kier molecular flexibility index (Phi) is 3.97. The highest BCUT2D eigenvalue weighted by atomic mass is 19.4. The summed E-state index contributed by atoms with van der Waals surface area (Å²) in [5.41, 5.74) is 1.33. The average molecular weight is 231 g/mol. The quantitative estimate of drug-likeness (QED) is 0.770. The summed E-state index contributed by atoms with van der Waals surface area (Å²) in [6.45, 7) is 1.92. The van der Waals surface area contributed by atoms with Crippen LogP contribution in [0.1, 0.15) is 24.0 Å². The Labute approximate surface area is 93.9 Å². The highest BCUT2D eigenvalue weighted by Crippen LogP contribution is 2.34. The molecular formula is C12H16F3N. The summed E-state index contributed by atoms with van der Waals surface area (Å²) in [4.78, 5) is 1.97. The van der Waals surface area contributed by atoms with Gasteiger partial charge in [-0.1, -0.05) is 24.3 Å². The molecule has 0 N–H and O–H groups in total. The molecule has 1 rings (SSSR count). The second-order valence-corrected chi connectivity index (χ2v) is 4.24. The number of hydrogen-bond acceptors (Lipinski definition) is 1. The highest BCUT2D eigenvalue weighted by molar-refractivity contribution is 5.25. The molecule has 0 spiro atoms. The van der Waals surface area contributed by atoms with E-state index in [0.717, 1.165) is 12.1 Å². The van der Waals surface area contributed by atoms with E-state index in [1.165, 1.54) is 6.92 Å². The van der Waals surface area contributed by atoms with Gasteiger partial charge in [0, 0.05) is 6.54 Å². The smallest absolute Gasteiger partial charge is 0.305 e. The molecule has 1 unspecified atom stereocenters. The van der Waals surface area contributed by atoms with Crippen LogP contribution in [-0.2, 0) is 6.54 Å². The van der Waals surface area contributed by atoms with Crippen LogP contribution < -0.4 is 0 Å². The van der Waals surface area contributed by atoms with Gasteiger partial charge in [-0.25, -0.2) is 0 Å². The molecule has 16 heavy (non-hydrogen) atoms. The van der Waals surface area contributed by atoms with Crippen LogP contribution in [0, 0.1) is 0 Å². The molecule has 1 aromatic carbocycles. The van der Waals surface area contributed by atoms with E-state index in [1.54, 1.807) is 24.3 Å². The van der Waals surface area contributed by atoms with E-state index in [2.05, 4.69) is 0 Å². The van der Waals surface area contributed by atoms with E-state index >= 15 is 0 Å². The zero-order valence-electron chi connectivity index (χ0n) is 9.67. The van der Waals surface area contributed by atoms with Gasteiger partial charge in [0.1, 0.15) is 0 Å². The first-order valence-corrected chi connectivity index (χ1v) is 5.11. The molecule has 0 saturated carbocycles. The Morgan fingerprint density at radius 2 is 1.62 bits per heavy atom. The highest BCUT2D eigenvalue weighted by Gasteiger charge is 2.36. The predicted molar refractivity (Wildman–Crippen MR) is 58.3 cm³/mol. The molecule has 1 nitrogen and oxygen atoms in total. The SMILES string of the molecule is CC(c1ccc(CN(C)C)cc1)C(F)(F)F. The summed E-state index contributed by atoms with van der Waals surface area (Å²) in [7, 11) is 3.85. The maximum Gasteiger partial charge on any atom is 0.395 e. The average Bonchev–Trinajstić information content (AvgIpc) is 2.15. The zero-order valence-corrected chi connectivity index (χ0v) is 9.67. The third-order valence-corrected chi connectivity index (χ3v) is 2.47. The van der Waals surface area contributed by atoms with Gasteiger partial charge >= 0.3 is 6.18 Å². The first-order chi connectivity index (χ1) is 7.30. The Morgan fingerprint density at radius 3 is 2.00 bits per heavy atom. The van der Waals surface area contributed by atoms with Crippen molar-refractivity contribution in [1.82, 2.24) is 4.90 Å². The summed E-state index contributed by atoms with van der Waals surface area (Å²) in [5, 5.41) is 0. The summed E-state index contributed by atoms with van der Waals surface area (Å²) < 4.78 is 37.3. The van der Waals surface area contributed by atoms with Crippen molar-refractivity contribution in [2.75, 3.05) is 14.1 Å². The minimum Gasteiger partial charge on any atom is -0.305 e. The standard InChI is InChI=1S/C12H16F3N/c1-9(12(13,14)15)11-6-4-10(5-7-11)8-16(2)3/h4-7,9H,8H2,1-3H3. The van der Waals surface area contributed by atoms with Gasteiger partial charge in [-0.15, -0.1) is 0 Å². The molecular weight excluding hydrogens is 215 g/mol. The van der Waals surface area contributed by atoms with E-state index in [4.69, 9.17) is 0 Å². The molecule has 1 aromatic rings. The number of nitrogens with zero attached hydrogens (tertiary/aromatic N) is 1. The van der Waals surface area contributed by atoms with Gasteiger partial charge in [-0.05, 0) is 32.1 Å². The molecule has 0 aliphatic heterocycles. The number of hydrogen-bond donors (Lipinski definition) is 0. The summed E-state index contributed by atoms with van der Waals surface area (Å²) >= 11 is 0. The topological polar surface area (TPSA) is 3.24 Å². The summed E-state index contributed by atoms with van der Waals surface area (Å²) in [5.74, 6) is -1.40. The van der Waals surface area contributed by atoms with Gasteiger partial charge in [0.05, 0.1) is 5.92 Å². The summed E-state index contributed by atoms with van der Waals surface area (Å²) in [6.07, 6.45) is -4.16. The van der Waals surface area contributed by atoms with Crippen LogP contribution in [0.15, 0.2) is 24.3 Å². The van der Waals surface area contributed by atoms with Crippen molar-refractivity contribution in [1.29, 1.82) is 0 Å². The van der Waals surface area contributed by atoms with Crippen molar-refractivity contribution in [3.8, 4) is 0 Å². The molecule has 90 valence electrons. The fraction of sp³-hybridized carbons (Fsp3) is 0.500. The van der Waals surface area contributed by atoms with E-state index in [-0.39, 0.29) is 0 Å². The van der Waals surface area contributed by atoms with Crippen molar-refractivity contribution in [3.63, 3.8) is 0 Å². The Morgan fingerprint density at radius 1 is 1.12 bits per heavy atom. The molecule has 0 aliphatic carbocycles. The third kappa shape index (κ3) is 3.52. The van der Waals surface area contributed by atoms with Gasteiger partial charge in [0.25, 0.3) is 0 Å². The van der Waals surface area contributed by atoms with Gasteiger partial charge in [-0.2, -0.15) is 13.2 Å². The van der Waals surface area contributed by atoms with Crippen LogP contribution >= 0.6 is 0 Å². The lowest BCUT2D eigenvalue weighted by Gasteiger charge is -2.16. The van der Waals surface area contributed by atoms with E-state index < -0.39 is 12.1 Å². The normalized spacial score (nSPS) is 14.2. The van der Waals surface area contributed by atoms with Crippen LogP contribution in [0.5, 0.6) is 0 Å². The van der Waals surface area contributed by atoms with Crippen LogP contribution in [0.25, 0.3) is 0 Å². The fourth-order valence-corrected chi connectivity index (χ4v) is 1.47. The molecule has 0 aliphatic rings. The molecule has 0 saturated heterocycles. The van der Waals surface area contributed by atoms with Crippen LogP contribution in [0.2, 0.25) is 0 Å². The van der Waals surface area contributed by atoms with E-state index in [0.29, 0.717) is 5.56 Å². The molecule has 0 amide bonds. The van der Waals surface area contributed by atoms with Gasteiger partial charge in [0.2, 0.25) is 0 Å². The second-order valence-electron chi connectivity index (χ2n) is 4.24. The Hall–Kier alpha value is -1.03. The minimum absolute atomic E-state index is 0.315. The molecule has 0 fully saturated rings. The Balaban J connectivity index is 2.79. The fourth-order valence-electron chi connectivity index (χ4n) is 1.47. The molecule has 0 heterocycles. The molecule has 0 radical (unpaired) electrons. The molecule has 1 atom stereocenters. The second kappa shape index (κ2) is 4.87. The lowest BCUT2D eigenvalue weighted by Crippen LogP contribution is -2.17. The van der Waals surface area contributed by atoms with Crippen molar-refractivity contribution in [3.05, 3.63) is 35.4 Å². The number of halogens is 3. The maximum absolute atomic E-state index is 12.4. The zero-order chi connectivity index (χ0) is 12.3. The van der Waals surface area contributed by atoms with Crippen LogP contribution in [0.3, 0.4) is 0 Å². The largest absolute Gasteiger partial charge is 0.395 e. The lowest BCUT2D eigenvalue weighted by atomic mass is 9.99. The van der Waals surface area contributed by atoms with Gasteiger partial charge in [-0.3, -0.25) is 0 Å². The van der Waals surface area contributed by atoms with Crippen molar-refractivity contribution in [2.45, 2.75) is 25.6 Å². The van der Waals surface area contributed by atoms with Crippen molar-refractivity contribution < 1.29 is 13.2 Å². The minimum atomic E-state index is -4.16. The molecule has 0 aromatic heterocycles. The molecule has 0 bridgehead atoms.